The van der Waals surface area contributed by atoms with E-state index in [1.165, 1.54) is 12.1 Å². The Balaban J connectivity index is 2.49. The Morgan fingerprint density at radius 3 is 2.71 bits per heavy atom. The Morgan fingerprint density at radius 2 is 2.05 bits per heavy atom. The van der Waals surface area contributed by atoms with E-state index in [1.807, 2.05) is 6.92 Å². The molecule has 21 heavy (non-hydrogen) atoms. The number of hydrogen-bond donors (Lipinski definition) is 1. The second-order valence-corrected chi connectivity index (χ2v) is 5.75. The van der Waals surface area contributed by atoms with Gasteiger partial charge in [-0.25, -0.2) is 4.39 Å². The molecule has 1 atom stereocenters. The van der Waals surface area contributed by atoms with Crippen molar-refractivity contribution < 1.29 is 4.39 Å². The lowest BCUT2D eigenvalue weighted by atomic mass is 9.98. The number of aryl methyl sites for hydroxylation is 1. The highest BCUT2D eigenvalue weighted by atomic mass is 35.5. The molecule has 1 heterocycles. The van der Waals surface area contributed by atoms with Crippen LogP contribution in [0.25, 0.3) is 0 Å². The van der Waals surface area contributed by atoms with E-state index in [-0.39, 0.29) is 11.9 Å². The molecule has 1 N–H and O–H groups in total. The van der Waals surface area contributed by atoms with Gasteiger partial charge >= 0.3 is 0 Å². The molecule has 2 nitrogen and oxygen atoms in total. The summed E-state index contributed by atoms with van der Waals surface area (Å²) in [6.07, 6.45) is 2.51. The zero-order valence-corrected chi connectivity index (χ0v) is 13.5. The van der Waals surface area contributed by atoms with Gasteiger partial charge in [0.2, 0.25) is 0 Å². The summed E-state index contributed by atoms with van der Waals surface area (Å²) in [4.78, 5) is 4.33. The van der Waals surface area contributed by atoms with Crippen LogP contribution in [-0.4, -0.2) is 11.5 Å². The second kappa shape index (κ2) is 7.21. The van der Waals surface area contributed by atoms with Crippen molar-refractivity contribution in [3.05, 3.63) is 63.1 Å². The summed E-state index contributed by atoms with van der Waals surface area (Å²) in [7, 11) is 0. The number of halogens is 3. The van der Waals surface area contributed by atoms with E-state index in [4.69, 9.17) is 23.2 Å². The van der Waals surface area contributed by atoms with Crippen LogP contribution in [0.1, 0.15) is 36.2 Å². The van der Waals surface area contributed by atoms with Gasteiger partial charge in [-0.3, -0.25) is 4.98 Å². The highest BCUT2D eigenvalue weighted by Crippen LogP contribution is 2.30. The maximum absolute atomic E-state index is 13.6. The molecule has 112 valence electrons. The Labute approximate surface area is 134 Å². The molecule has 0 aliphatic carbocycles. The highest BCUT2D eigenvalue weighted by Gasteiger charge is 2.20. The summed E-state index contributed by atoms with van der Waals surface area (Å²) in [5, 5.41) is 4.33. The van der Waals surface area contributed by atoms with E-state index in [1.54, 1.807) is 18.3 Å². The summed E-state index contributed by atoms with van der Waals surface area (Å²) in [5.41, 5.74) is 2.47. The number of nitrogens with one attached hydrogen (secondary N) is 1. The Bertz CT molecular complexity index is 632. The lowest BCUT2D eigenvalue weighted by Gasteiger charge is -2.21. The third-order valence-corrected chi connectivity index (χ3v) is 3.77. The van der Waals surface area contributed by atoms with E-state index in [0.717, 1.165) is 24.1 Å². The normalized spacial score (nSPS) is 12.4. The first-order valence-electron chi connectivity index (χ1n) is 6.83. The van der Waals surface area contributed by atoms with E-state index in [9.17, 15) is 4.39 Å². The van der Waals surface area contributed by atoms with Crippen molar-refractivity contribution in [2.45, 2.75) is 26.3 Å². The van der Waals surface area contributed by atoms with E-state index in [0.29, 0.717) is 15.7 Å². The number of hydrogen-bond acceptors (Lipinski definition) is 2. The van der Waals surface area contributed by atoms with Gasteiger partial charge in [0.25, 0.3) is 0 Å². The van der Waals surface area contributed by atoms with Crippen molar-refractivity contribution in [1.29, 1.82) is 0 Å². The maximum Gasteiger partial charge on any atom is 0.123 e. The van der Waals surface area contributed by atoms with Crippen molar-refractivity contribution in [1.82, 2.24) is 10.3 Å². The molecule has 1 unspecified atom stereocenters. The minimum absolute atomic E-state index is 0.259. The largest absolute Gasteiger partial charge is 0.305 e. The molecule has 0 amide bonds. The molecule has 1 aromatic carbocycles. The molecular formula is C16H17Cl2FN2. The average molecular weight is 327 g/mol. The van der Waals surface area contributed by atoms with Crippen molar-refractivity contribution in [3.63, 3.8) is 0 Å². The summed E-state index contributed by atoms with van der Waals surface area (Å²) in [6.45, 7) is 4.79. The number of rotatable bonds is 5. The number of benzene rings is 1. The fraction of sp³-hybridized carbons (Fsp3) is 0.312. The predicted octanol–water partition coefficient (Wildman–Crippen LogP) is 4.92. The summed E-state index contributed by atoms with van der Waals surface area (Å²) < 4.78 is 13.6. The average Bonchev–Trinajstić information content (AvgIpc) is 2.44. The van der Waals surface area contributed by atoms with Crippen LogP contribution in [0.3, 0.4) is 0 Å². The van der Waals surface area contributed by atoms with E-state index in [2.05, 4.69) is 17.2 Å². The van der Waals surface area contributed by atoms with Crippen LogP contribution in [0.2, 0.25) is 10.0 Å². The van der Waals surface area contributed by atoms with Gasteiger partial charge in [0.1, 0.15) is 5.82 Å². The molecule has 0 saturated heterocycles. The van der Waals surface area contributed by atoms with Gasteiger partial charge in [0.15, 0.2) is 0 Å². The van der Waals surface area contributed by atoms with Crippen LogP contribution in [0.15, 0.2) is 30.5 Å². The predicted molar refractivity (Wildman–Crippen MR) is 85.5 cm³/mol. The van der Waals surface area contributed by atoms with Gasteiger partial charge < -0.3 is 5.32 Å². The number of pyridine rings is 1. The minimum Gasteiger partial charge on any atom is -0.305 e. The smallest absolute Gasteiger partial charge is 0.123 e. The van der Waals surface area contributed by atoms with Gasteiger partial charge in [-0.15, -0.1) is 0 Å². The molecule has 2 aromatic rings. The molecular weight excluding hydrogens is 310 g/mol. The molecule has 0 saturated carbocycles. The first-order chi connectivity index (χ1) is 10.0. The van der Waals surface area contributed by atoms with Crippen LogP contribution in [-0.2, 0) is 0 Å². The van der Waals surface area contributed by atoms with Gasteiger partial charge in [0.05, 0.1) is 21.8 Å². The first kappa shape index (κ1) is 16.2. The summed E-state index contributed by atoms with van der Waals surface area (Å²) in [5.74, 6) is -0.274. The third kappa shape index (κ3) is 3.94. The third-order valence-electron chi connectivity index (χ3n) is 3.26. The standard InChI is InChI=1S/C16H17Cl2FN2/c1-3-6-20-15(13-8-12(19)5-4-10(13)2)16-14(18)7-11(17)9-21-16/h4-5,7-9,15,20H,3,6H2,1-2H3. The molecule has 2 rings (SSSR count). The zero-order valence-electron chi connectivity index (χ0n) is 12.0. The summed E-state index contributed by atoms with van der Waals surface area (Å²) in [6, 6.07) is 6.13. The lowest BCUT2D eigenvalue weighted by Crippen LogP contribution is -2.25. The van der Waals surface area contributed by atoms with Gasteiger partial charge in [-0.2, -0.15) is 0 Å². The van der Waals surface area contributed by atoms with Crippen molar-refractivity contribution in [2.24, 2.45) is 0 Å². The fourth-order valence-corrected chi connectivity index (χ4v) is 2.69. The highest BCUT2D eigenvalue weighted by molar-refractivity contribution is 6.34. The van der Waals surface area contributed by atoms with Gasteiger partial charge in [-0.1, -0.05) is 36.2 Å². The molecule has 5 heteroatoms. The van der Waals surface area contributed by atoms with Crippen LogP contribution in [0, 0.1) is 12.7 Å². The van der Waals surface area contributed by atoms with Crippen molar-refractivity contribution >= 4 is 23.2 Å². The van der Waals surface area contributed by atoms with Crippen molar-refractivity contribution in [2.75, 3.05) is 6.54 Å². The molecule has 1 aromatic heterocycles. The van der Waals surface area contributed by atoms with E-state index >= 15 is 0 Å². The Kier molecular flexibility index (Phi) is 5.57. The molecule has 0 spiro atoms. The molecule has 0 fully saturated rings. The minimum atomic E-state index is -0.274. The fourth-order valence-electron chi connectivity index (χ4n) is 2.20. The maximum atomic E-state index is 13.6. The van der Waals surface area contributed by atoms with Crippen LogP contribution < -0.4 is 5.32 Å². The number of nitrogens with zero attached hydrogens (tertiary/aromatic N) is 1. The summed E-state index contributed by atoms with van der Waals surface area (Å²) >= 11 is 12.2. The van der Waals surface area contributed by atoms with E-state index < -0.39 is 0 Å². The van der Waals surface area contributed by atoms with Gasteiger partial charge in [0, 0.05) is 6.20 Å². The Morgan fingerprint density at radius 1 is 1.29 bits per heavy atom. The van der Waals surface area contributed by atoms with Crippen LogP contribution in [0.4, 0.5) is 4.39 Å². The molecule has 0 aliphatic heterocycles. The topological polar surface area (TPSA) is 24.9 Å². The Hall–Kier alpha value is -1.16. The monoisotopic (exact) mass is 326 g/mol. The lowest BCUT2D eigenvalue weighted by molar-refractivity contribution is 0.573. The molecule has 0 aliphatic rings. The number of aromatic nitrogens is 1. The first-order valence-corrected chi connectivity index (χ1v) is 7.59. The quantitative estimate of drug-likeness (QED) is 0.843. The SMILES string of the molecule is CCCNC(c1cc(F)ccc1C)c1ncc(Cl)cc1Cl. The van der Waals surface area contributed by atoms with Gasteiger partial charge in [-0.05, 0) is 49.2 Å². The van der Waals surface area contributed by atoms with Crippen LogP contribution >= 0.6 is 23.2 Å². The zero-order chi connectivity index (χ0) is 15.4. The van der Waals surface area contributed by atoms with Crippen molar-refractivity contribution in [3.8, 4) is 0 Å². The molecule has 0 radical (unpaired) electrons. The molecule has 0 bridgehead atoms. The second-order valence-electron chi connectivity index (χ2n) is 4.91. The van der Waals surface area contributed by atoms with Crippen LogP contribution in [0.5, 0.6) is 0 Å².